The van der Waals surface area contributed by atoms with Crippen molar-refractivity contribution in [1.29, 1.82) is 0 Å². The van der Waals surface area contributed by atoms with E-state index in [1.165, 1.54) is 85.6 Å². The van der Waals surface area contributed by atoms with Gasteiger partial charge in [-0.15, -0.1) is 0 Å². The first kappa shape index (κ1) is 78.3. The second-order valence-corrected chi connectivity index (χ2v) is 31.7. The number of aliphatic hydroxyl groups excluding tert-OH is 3. The Bertz CT molecular complexity index is 4370. The number of allylic oxidation sites excluding steroid dienone is 8. The van der Waals surface area contributed by atoms with Gasteiger partial charge >= 0.3 is 0 Å². The van der Waals surface area contributed by atoms with E-state index in [1.54, 1.807) is 48.5 Å². The zero-order chi connectivity index (χ0) is 74.1. The predicted molar refractivity (Wildman–Crippen MR) is 435 cm³/mol. The van der Waals surface area contributed by atoms with Gasteiger partial charge in [-0.2, -0.15) is 0 Å². The molecular formula is C92H106Br2O10. The van der Waals surface area contributed by atoms with Gasteiger partial charge in [0.15, 0.2) is 0 Å². The number of para-hydroxylation sites is 2. The molecule has 8 aromatic carbocycles. The molecule has 0 aromatic heterocycles. The van der Waals surface area contributed by atoms with E-state index in [-0.39, 0.29) is 29.1 Å². The standard InChI is InChI=1S/C20H22Br2O2.C20H24O2.C20H14O2.C12H10O2.2C10H18O/c21-15-9-11-5-1-3-7-13(11)17(19(15)23)18-14-8-4-2-6-12(14)10-16(22)20(18)24;2*21-17-11-9-13-5-1-3-7-15(13)19(17)20-16-8-4-2-6-14(16)10-12-18(20)22;13-11-7-3-1-5-9(11)10-6-2-4-8-12(10)14;1-7(2)9-5-4-8(3)6-10(9)11;1-9(2)5-4-6-10(3)7-8-11/h9-11,13,23-24H,1-8H2;9-13,15,21-22H,1-8H2;1-12,21-22H;1-8,13-14H;8-11H,1,4-6H2,2-3H3;5,8,10H,4,6-7H2,1-3H3/t;;;;8?,9-,10+;/m....0./s1. The summed E-state index contributed by atoms with van der Waals surface area (Å²) in [6, 6.07) is 42.7. The zero-order valence-corrected chi connectivity index (χ0v) is 64.4. The molecular weight excluding hydrogens is 1420 g/mol. The van der Waals surface area contributed by atoms with Crippen molar-refractivity contribution in [2.45, 2.75) is 182 Å². The number of aromatic hydroxyl groups is 6. The number of phenols is 6. The van der Waals surface area contributed by atoms with Crippen molar-refractivity contribution in [1.82, 2.24) is 0 Å². The average molecular weight is 1530 g/mol. The number of fused-ring (bicyclic) bond motifs is 6. The van der Waals surface area contributed by atoms with Crippen LogP contribution in [0, 0.1) is 41.4 Å². The number of aryl methyl sites for hydroxylation is 2. The summed E-state index contributed by atoms with van der Waals surface area (Å²) >= 11 is 7.09. The highest BCUT2D eigenvalue weighted by atomic mass is 79.9. The smallest absolute Gasteiger partial charge is 0.137 e. The van der Waals surface area contributed by atoms with Crippen LogP contribution in [0.5, 0.6) is 34.5 Å². The van der Waals surface area contributed by atoms with Crippen molar-refractivity contribution < 1.29 is 50.8 Å². The Morgan fingerprint density at radius 1 is 0.548 bits per heavy atom. The van der Waals surface area contributed by atoms with E-state index >= 15 is 0 Å². The van der Waals surface area contributed by atoms with E-state index in [0.29, 0.717) is 93.1 Å². The minimum atomic E-state index is -0.128. The van der Waals surface area contributed by atoms with Crippen LogP contribution < -0.4 is 0 Å². The summed E-state index contributed by atoms with van der Waals surface area (Å²) in [4.78, 5) is 10.1. The molecule has 104 heavy (non-hydrogen) atoms. The Morgan fingerprint density at radius 3 is 1.62 bits per heavy atom. The monoisotopic (exact) mass is 1530 g/mol. The van der Waals surface area contributed by atoms with Crippen LogP contribution in [-0.4, -0.2) is 58.3 Å². The number of phenolic OH excluding ortho intramolecular Hbond substituents is 6. The molecule has 12 heteroatoms. The van der Waals surface area contributed by atoms with Gasteiger partial charge in [-0.1, -0.05) is 179 Å². The van der Waals surface area contributed by atoms with Crippen LogP contribution in [0.1, 0.15) is 184 Å². The van der Waals surface area contributed by atoms with Crippen molar-refractivity contribution >= 4 is 70.8 Å². The number of carbonyl (C=O) groups excluding carboxylic acids is 1. The SMILES string of the molecule is C=C(C)[C@@H]1CCC(C)C[C@H]1O.CC(C)=CCCC(C)CC=O.OC1=C(c2c(O)c(Br)cc3c2CCCC3)C2CCCCC2C=C1Br.OC1=C(c2c(O)ccc3c2CCCC3)C2CCCCC2C=C1.Oc1ccc2ccccc2c1-c1c(O)ccc2ccccc12.Oc1ccccc1-c1ccccc1O. The van der Waals surface area contributed by atoms with E-state index < -0.39 is 0 Å². The topological polar surface area (TPSA) is 199 Å². The van der Waals surface area contributed by atoms with E-state index in [2.05, 4.69) is 96.5 Å². The third-order valence-electron chi connectivity index (χ3n) is 22.2. The molecule has 8 atom stereocenters. The quantitative estimate of drug-likeness (QED) is 0.0469. The van der Waals surface area contributed by atoms with Crippen LogP contribution in [0.4, 0.5) is 0 Å². The summed E-state index contributed by atoms with van der Waals surface area (Å²) in [5.41, 5.74) is 14.2. The van der Waals surface area contributed by atoms with Gasteiger partial charge < -0.3 is 50.8 Å². The van der Waals surface area contributed by atoms with Gasteiger partial charge in [0.1, 0.15) is 52.3 Å². The number of halogens is 2. The molecule has 6 unspecified atom stereocenters. The number of benzene rings is 8. The number of aldehydes is 1. The van der Waals surface area contributed by atoms with Gasteiger partial charge in [-0.3, -0.25) is 0 Å². The highest BCUT2D eigenvalue weighted by Gasteiger charge is 2.38. The van der Waals surface area contributed by atoms with Crippen LogP contribution in [0.15, 0.2) is 202 Å². The maximum atomic E-state index is 10.9. The molecule has 0 radical (unpaired) electrons. The number of carbonyl (C=O) groups is 1. The third-order valence-corrected chi connectivity index (χ3v) is 23.5. The summed E-state index contributed by atoms with van der Waals surface area (Å²) in [6.07, 6.45) is 34.0. The van der Waals surface area contributed by atoms with Crippen molar-refractivity contribution in [3.8, 4) is 56.8 Å². The fraction of sp³-hybridized carbons (Fsp3) is 0.380. The molecule has 0 bridgehead atoms. The number of aliphatic hydroxyl groups is 3. The highest BCUT2D eigenvalue weighted by Crippen LogP contribution is 2.54. The average Bonchev–Trinajstić information content (AvgIpc) is 0.765. The Labute approximate surface area is 632 Å². The first-order valence-electron chi connectivity index (χ1n) is 37.8. The van der Waals surface area contributed by atoms with E-state index in [4.69, 9.17) is 0 Å². The van der Waals surface area contributed by atoms with Crippen LogP contribution in [0.25, 0.3) is 54.9 Å². The second kappa shape index (κ2) is 37.1. The lowest BCUT2D eigenvalue weighted by atomic mass is 9.69. The Morgan fingerprint density at radius 2 is 1.06 bits per heavy atom. The lowest BCUT2D eigenvalue weighted by Crippen LogP contribution is -2.28. The largest absolute Gasteiger partial charge is 0.508 e. The predicted octanol–water partition coefficient (Wildman–Crippen LogP) is 24.5. The molecule has 0 heterocycles. The van der Waals surface area contributed by atoms with E-state index in [0.717, 1.165) is 142 Å². The first-order chi connectivity index (χ1) is 50.1. The fourth-order valence-corrected chi connectivity index (χ4v) is 17.8. The minimum absolute atomic E-state index is 0.128. The normalized spacial score (nSPS) is 21.0. The molecule has 0 saturated heterocycles. The van der Waals surface area contributed by atoms with Crippen molar-refractivity contribution in [3.05, 3.63) is 235 Å². The van der Waals surface area contributed by atoms with Gasteiger partial charge in [0.25, 0.3) is 0 Å². The first-order valence-corrected chi connectivity index (χ1v) is 39.4. The van der Waals surface area contributed by atoms with Gasteiger partial charge in [-0.25, -0.2) is 0 Å². The van der Waals surface area contributed by atoms with Gasteiger partial charge in [0.2, 0.25) is 0 Å². The molecule has 0 amide bonds. The summed E-state index contributed by atoms with van der Waals surface area (Å²) in [5, 5.41) is 96.5. The molecule has 8 aromatic rings. The molecule has 548 valence electrons. The number of hydrogen-bond donors (Lipinski definition) is 9. The Hall–Kier alpha value is -8.29. The van der Waals surface area contributed by atoms with Crippen LogP contribution in [0.2, 0.25) is 0 Å². The van der Waals surface area contributed by atoms with Crippen LogP contribution in [0.3, 0.4) is 0 Å². The Balaban J connectivity index is 0.000000138. The molecule has 7 aliphatic rings. The van der Waals surface area contributed by atoms with Gasteiger partial charge in [-0.05, 0) is 284 Å². The zero-order valence-electron chi connectivity index (χ0n) is 61.2. The third kappa shape index (κ3) is 19.0. The lowest BCUT2D eigenvalue weighted by molar-refractivity contribution is -0.108. The lowest BCUT2D eigenvalue weighted by Gasteiger charge is -2.37. The maximum absolute atomic E-state index is 10.9. The number of hydrogen-bond acceptors (Lipinski definition) is 10. The summed E-state index contributed by atoms with van der Waals surface area (Å²) in [7, 11) is 0. The van der Waals surface area contributed by atoms with Crippen LogP contribution in [-0.2, 0) is 30.5 Å². The molecule has 0 aliphatic heterocycles. The minimum Gasteiger partial charge on any atom is -0.508 e. The maximum Gasteiger partial charge on any atom is 0.137 e. The van der Waals surface area contributed by atoms with Crippen molar-refractivity contribution in [2.24, 2.45) is 41.4 Å². The Kier molecular flexibility index (Phi) is 27.9. The molecule has 9 N–H and O–H groups in total. The van der Waals surface area contributed by atoms with Gasteiger partial charge in [0, 0.05) is 56.9 Å². The van der Waals surface area contributed by atoms with E-state index in [1.807, 2.05) is 91.9 Å². The molecule has 3 fully saturated rings. The molecule has 15 rings (SSSR count). The molecule has 10 nitrogen and oxygen atoms in total. The van der Waals surface area contributed by atoms with Crippen molar-refractivity contribution in [2.75, 3.05) is 0 Å². The van der Waals surface area contributed by atoms with E-state index in [9.17, 15) is 50.8 Å². The highest BCUT2D eigenvalue weighted by molar-refractivity contribution is 9.12. The summed E-state index contributed by atoms with van der Waals surface area (Å²) in [5.74, 6) is 5.30. The molecule has 3 saturated carbocycles. The number of rotatable bonds is 10. The molecule has 0 spiro atoms. The summed E-state index contributed by atoms with van der Waals surface area (Å²) in [6.45, 7) is 14.4. The second-order valence-electron chi connectivity index (χ2n) is 30.0. The molecule has 7 aliphatic carbocycles. The van der Waals surface area contributed by atoms with Gasteiger partial charge in [0.05, 0.1) is 15.1 Å². The van der Waals surface area contributed by atoms with Crippen molar-refractivity contribution in [3.63, 3.8) is 0 Å². The fourth-order valence-electron chi connectivity index (χ4n) is 16.7. The summed E-state index contributed by atoms with van der Waals surface area (Å²) < 4.78 is 1.53. The van der Waals surface area contributed by atoms with Crippen LogP contribution >= 0.6 is 31.9 Å².